The fourth-order valence-corrected chi connectivity index (χ4v) is 6.34. The van der Waals surface area contributed by atoms with Gasteiger partial charge in [-0.05, 0) is 60.5 Å². The number of aromatic nitrogens is 1. The number of nitrogens with zero attached hydrogens (tertiary/aromatic N) is 2. The van der Waals surface area contributed by atoms with Crippen molar-refractivity contribution >= 4 is 44.1 Å². The van der Waals surface area contributed by atoms with Gasteiger partial charge < -0.3 is 28.8 Å². The molecular formula is C33H32N2O8S. The van der Waals surface area contributed by atoms with E-state index in [-0.39, 0.29) is 11.3 Å². The minimum Gasteiger partial charge on any atom is -0.507 e. The number of amides is 1. The van der Waals surface area contributed by atoms with Gasteiger partial charge in [-0.3, -0.25) is 14.5 Å². The van der Waals surface area contributed by atoms with Crippen molar-refractivity contribution in [3.8, 4) is 28.7 Å². The Bertz CT molecular complexity index is 1760. The van der Waals surface area contributed by atoms with Gasteiger partial charge in [-0.2, -0.15) is 0 Å². The van der Waals surface area contributed by atoms with E-state index in [4.69, 9.17) is 28.7 Å². The molecule has 0 radical (unpaired) electrons. The van der Waals surface area contributed by atoms with E-state index in [0.717, 1.165) is 24.0 Å². The Morgan fingerprint density at radius 3 is 2.57 bits per heavy atom. The van der Waals surface area contributed by atoms with Crippen LogP contribution in [0, 0.1) is 0 Å². The molecule has 0 unspecified atom stereocenters. The molecule has 0 spiro atoms. The van der Waals surface area contributed by atoms with Crippen LogP contribution >= 0.6 is 11.3 Å². The number of hydrogen-bond acceptors (Lipinski definition) is 10. The Labute approximate surface area is 258 Å². The highest BCUT2D eigenvalue weighted by atomic mass is 32.1. The molecule has 0 bridgehead atoms. The predicted molar refractivity (Wildman–Crippen MR) is 166 cm³/mol. The third kappa shape index (κ3) is 5.39. The number of anilines is 1. The monoisotopic (exact) mass is 616 g/mol. The van der Waals surface area contributed by atoms with Crippen LogP contribution in [0.1, 0.15) is 43.4 Å². The third-order valence-electron chi connectivity index (χ3n) is 7.56. The molecule has 2 aliphatic heterocycles. The zero-order valence-electron chi connectivity index (χ0n) is 24.6. The van der Waals surface area contributed by atoms with E-state index in [1.807, 2.05) is 6.07 Å². The molecule has 1 fully saturated rings. The van der Waals surface area contributed by atoms with Gasteiger partial charge in [0.05, 0.1) is 42.7 Å². The van der Waals surface area contributed by atoms with Crippen molar-refractivity contribution in [2.45, 2.75) is 32.2 Å². The molecule has 228 valence electrons. The average molecular weight is 617 g/mol. The molecule has 6 rings (SSSR count). The maximum Gasteiger partial charge on any atom is 0.301 e. The summed E-state index contributed by atoms with van der Waals surface area (Å²) in [5, 5.41) is 12.0. The first-order chi connectivity index (χ1) is 21.4. The first kappa shape index (κ1) is 29.3. The Balaban J connectivity index is 1.48. The summed E-state index contributed by atoms with van der Waals surface area (Å²) in [4.78, 5) is 33.5. The smallest absolute Gasteiger partial charge is 0.301 e. The number of unbranched alkanes of at least 4 members (excludes halogenated alkanes) is 2. The highest BCUT2D eigenvalue weighted by Crippen LogP contribution is 2.46. The zero-order chi connectivity index (χ0) is 30.8. The molecule has 4 aromatic rings. The summed E-state index contributed by atoms with van der Waals surface area (Å²) >= 11 is 1.25. The lowest BCUT2D eigenvalue weighted by Gasteiger charge is -2.24. The van der Waals surface area contributed by atoms with E-state index in [0.29, 0.717) is 70.3 Å². The van der Waals surface area contributed by atoms with E-state index in [2.05, 4.69) is 6.92 Å². The van der Waals surface area contributed by atoms with Crippen LogP contribution in [-0.2, 0) is 9.59 Å². The second-order valence-electron chi connectivity index (χ2n) is 10.3. The molecule has 0 saturated carbocycles. The predicted octanol–water partition coefficient (Wildman–Crippen LogP) is 6.28. The standard InChI is InChI=1S/C33H32N2O8S/c1-4-5-6-13-41-23-11-7-19(16-25(23)40-3)29-28(30(36)20-8-12-24-26(17-20)43-15-14-42-24)31(37)32(38)35(29)33-34-22-10-9-21(39-2)18-27(22)44-33/h7-12,16-18,29,36H,4-6,13-15H2,1-3H3/t29-/m1/s1. The largest absolute Gasteiger partial charge is 0.507 e. The van der Waals surface area contributed by atoms with Crippen LogP contribution < -0.4 is 28.6 Å². The number of rotatable bonds is 10. The number of fused-ring (bicyclic) bond motifs is 2. The summed E-state index contributed by atoms with van der Waals surface area (Å²) in [6.45, 7) is 3.42. The Morgan fingerprint density at radius 2 is 1.80 bits per heavy atom. The van der Waals surface area contributed by atoms with Crippen LogP contribution in [0.15, 0.2) is 60.2 Å². The molecule has 1 N–H and O–H groups in total. The lowest BCUT2D eigenvalue weighted by atomic mass is 9.95. The van der Waals surface area contributed by atoms with Gasteiger partial charge in [0.25, 0.3) is 5.78 Å². The SMILES string of the molecule is CCCCCOc1ccc([C@@H]2C(=C(O)c3ccc4c(c3)OCCO4)C(=O)C(=O)N2c2nc3ccc(OC)cc3s2)cc1OC. The Kier molecular flexibility index (Phi) is 8.30. The van der Waals surface area contributed by atoms with Crippen molar-refractivity contribution in [3.05, 3.63) is 71.3 Å². The minimum absolute atomic E-state index is 0.0813. The normalized spacial score (nSPS) is 17.2. The molecule has 10 nitrogen and oxygen atoms in total. The van der Waals surface area contributed by atoms with E-state index in [1.165, 1.54) is 23.3 Å². The van der Waals surface area contributed by atoms with Gasteiger partial charge in [0.2, 0.25) is 0 Å². The molecule has 2 aliphatic rings. The number of aliphatic hydroxyl groups is 1. The number of aliphatic hydroxyl groups excluding tert-OH is 1. The lowest BCUT2D eigenvalue weighted by molar-refractivity contribution is -0.132. The second kappa shape index (κ2) is 12.5. The molecule has 1 atom stereocenters. The Hall–Kier alpha value is -4.77. The fraction of sp³-hybridized carbons (Fsp3) is 0.303. The summed E-state index contributed by atoms with van der Waals surface area (Å²) in [5.41, 5.74) is 1.42. The number of carbonyl (C=O) groups is 2. The minimum atomic E-state index is -1.01. The van der Waals surface area contributed by atoms with Crippen molar-refractivity contribution in [3.63, 3.8) is 0 Å². The van der Waals surface area contributed by atoms with Gasteiger partial charge >= 0.3 is 5.91 Å². The first-order valence-corrected chi connectivity index (χ1v) is 15.2. The van der Waals surface area contributed by atoms with Crippen LogP contribution in [0.3, 0.4) is 0 Å². The van der Waals surface area contributed by atoms with Crippen molar-refractivity contribution in [2.75, 3.05) is 38.9 Å². The first-order valence-electron chi connectivity index (χ1n) is 14.4. The quantitative estimate of drug-likeness (QED) is 0.0951. The van der Waals surface area contributed by atoms with Crippen LogP contribution in [0.25, 0.3) is 16.0 Å². The number of ketones is 1. The highest BCUT2D eigenvalue weighted by Gasteiger charge is 2.48. The molecule has 1 saturated heterocycles. The van der Waals surface area contributed by atoms with Gasteiger partial charge in [0, 0.05) is 5.56 Å². The van der Waals surface area contributed by atoms with E-state index < -0.39 is 17.7 Å². The fourth-order valence-electron chi connectivity index (χ4n) is 5.32. The Morgan fingerprint density at radius 1 is 0.977 bits per heavy atom. The van der Waals surface area contributed by atoms with Crippen molar-refractivity contribution in [2.24, 2.45) is 0 Å². The number of carbonyl (C=O) groups excluding carboxylic acids is 2. The number of Topliss-reactive ketones (excluding diaryl/α,β-unsaturated/α-hetero) is 1. The third-order valence-corrected chi connectivity index (χ3v) is 8.58. The highest BCUT2D eigenvalue weighted by molar-refractivity contribution is 7.22. The number of thiazole rings is 1. The number of methoxy groups -OCH3 is 2. The zero-order valence-corrected chi connectivity index (χ0v) is 25.4. The molecule has 3 heterocycles. The number of ether oxygens (including phenoxy) is 5. The van der Waals surface area contributed by atoms with Gasteiger partial charge in [-0.1, -0.05) is 37.2 Å². The van der Waals surface area contributed by atoms with Crippen LogP contribution in [0.5, 0.6) is 28.7 Å². The summed E-state index contributed by atoms with van der Waals surface area (Å²) in [5.74, 6) is 0.628. The number of benzene rings is 3. The van der Waals surface area contributed by atoms with Crippen LogP contribution in [0.4, 0.5) is 5.13 Å². The van der Waals surface area contributed by atoms with Crippen molar-refractivity contribution < 1.29 is 38.4 Å². The summed E-state index contributed by atoms with van der Waals surface area (Å²) < 4.78 is 29.1. The van der Waals surface area contributed by atoms with Gasteiger partial charge in [-0.15, -0.1) is 0 Å². The summed E-state index contributed by atoms with van der Waals surface area (Å²) in [7, 11) is 3.11. The van der Waals surface area contributed by atoms with Crippen molar-refractivity contribution in [1.82, 2.24) is 4.98 Å². The van der Waals surface area contributed by atoms with E-state index >= 15 is 0 Å². The molecule has 0 aliphatic carbocycles. The topological polar surface area (TPSA) is 117 Å². The molecule has 44 heavy (non-hydrogen) atoms. The average Bonchev–Trinajstić information content (AvgIpc) is 3.59. The molecule has 3 aromatic carbocycles. The number of hydrogen-bond donors (Lipinski definition) is 1. The molecular weight excluding hydrogens is 584 g/mol. The van der Waals surface area contributed by atoms with Gasteiger partial charge in [0.15, 0.2) is 28.1 Å². The van der Waals surface area contributed by atoms with Crippen LogP contribution in [-0.4, -0.2) is 55.8 Å². The van der Waals surface area contributed by atoms with Crippen LogP contribution in [0.2, 0.25) is 0 Å². The van der Waals surface area contributed by atoms with E-state index in [9.17, 15) is 14.7 Å². The second-order valence-corrected chi connectivity index (χ2v) is 11.3. The summed E-state index contributed by atoms with van der Waals surface area (Å²) in [6, 6.07) is 14.6. The van der Waals surface area contributed by atoms with Crippen molar-refractivity contribution in [1.29, 1.82) is 0 Å². The molecule has 11 heteroatoms. The van der Waals surface area contributed by atoms with Gasteiger partial charge in [-0.25, -0.2) is 4.98 Å². The van der Waals surface area contributed by atoms with Gasteiger partial charge in [0.1, 0.15) is 24.7 Å². The lowest BCUT2D eigenvalue weighted by Crippen LogP contribution is -2.29. The summed E-state index contributed by atoms with van der Waals surface area (Å²) in [6.07, 6.45) is 3.02. The maximum absolute atomic E-state index is 13.8. The maximum atomic E-state index is 13.8. The molecule has 1 amide bonds. The molecule has 1 aromatic heterocycles. The van der Waals surface area contributed by atoms with E-state index in [1.54, 1.807) is 55.6 Å².